The monoisotopic (exact) mass is 486 g/mol. The topological polar surface area (TPSA) is 105 Å². The van der Waals surface area contributed by atoms with Crippen molar-refractivity contribution in [2.24, 2.45) is 17.8 Å². The number of aromatic amines is 1. The van der Waals surface area contributed by atoms with Gasteiger partial charge in [0.15, 0.2) is 0 Å². The molecule has 3 saturated carbocycles. The van der Waals surface area contributed by atoms with Crippen molar-refractivity contribution in [1.29, 1.82) is 0 Å². The molecule has 0 bridgehead atoms. The van der Waals surface area contributed by atoms with Gasteiger partial charge in [0.1, 0.15) is 11.7 Å². The van der Waals surface area contributed by atoms with Gasteiger partial charge in [-0.15, -0.1) is 0 Å². The van der Waals surface area contributed by atoms with Crippen molar-refractivity contribution in [2.45, 2.75) is 70.4 Å². The number of hydrogen-bond donors (Lipinski definition) is 3. The zero-order chi connectivity index (χ0) is 24.8. The summed E-state index contributed by atoms with van der Waals surface area (Å²) in [4.78, 5) is 34.7. The first-order valence-corrected chi connectivity index (χ1v) is 13.3. The molecule has 0 saturated heterocycles. The van der Waals surface area contributed by atoms with Crippen LogP contribution in [0.4, 0.5) is 5.69 Å². The van der Waals surface area contributed by atoms with Crippen molar-refractivity contribution < 1.29 is 9.59 Å². The number of hydrogen-bond acceptors (Lipinski definition) is 4. The number of rotatable bonds is 10. The first-order chi connectivity index (χ1) is 17.5. The summed E-state index contributed by atoms with van der Waals surface area (Å²) < 4.78 is 1.71. The fraction of sp³-hybridized carbons (Fsp3) is 0.500. The minimum atomic E-state index is -0.569. The fourth-order valence-electron chi connectivity index (χ4n) is 5.50. The minimum Gasteiger partial charge on any atom is -0.348 e. The van der Waals surface area contributed by atoms with E-state index in [9.17, 15) is 9.59 Å². The summed E-state index contributed by atoms with van der Waals surface area (Å²) in [5, 5.41) is 10.5. The molecule has 3 N–H and O–H groups in total. The zero-order valence-corrected chi connectivity index (χ0v) is 20.9. The van der Waals surface area contributed by atoms with E-state index >= 15 is 0 Å². The predicted molar refractivity (Wildman–Crippen MR) is 137 cm³/mol. The summed E-state index contributed by atoms with van der Waals surface area (Å²) in [6, 6.07) is 9.07. The second-order valence-electron chi connectivity index (χ2n) is 11.0. The number of H-pyrrole nitrogens is 1. The molecule has 0 unspecified atom stereocenters. The minimum absolute atomic E-state index is 0.0594. The third kappa shape index (κ3) is 4.68. The number of carbonyl (C=O) groups is 2. The van der Waals surface area contributed by atoms with Gasteiger partial charge in [-0.3, -0.25) is 14.3 Å². The summed E-state index contributed by atoms with van der Waals surface area (Å²) in [5.41, 5.74) is 4.44. The maximum absolute atomic E-state index is 13.6. The van der Waals surface area contributed by atoms with E-state index in [4.69, 9.17) is 0 Å². The molecule has 36 heavy (non-hydrogen) atoms. The molecule has 2 amide bonds. The molecule has 0 radical (unpaired) electrons. The Kier molecular flexibility index (Phi) is 5.90. The van der Waals surface area contributed by atoms with Gasteiger partial charge in [-0.2, -0.15) is 5.10 Å². The average Bonchev–Trinajstić information content (AvgIpc) is 3.81. The van der Waals surface area contributed by atoms with Crippen LogP contribution in [0.25, 0.3) is 11.3 Å². The molecule has 1 aromatic carbocycles. The molecule has 1 atom stereocenters. The second-order valence-corrected chi connectivity index (χ2v) is 11.0. The Labute approximate surface area is 211 Å². The van der Waals surface area contributed by atoms with Crippen molar-refractivity contribution in [2.75, 3.05) is 5.32 Å². The van der Waals surface area contributed by atoms with Crippen molar-refractivity contribution in [1.82, 2.24) is 25.1 Å². The van der Waals surface area contributed by atoms with Crippen LogP contribution in [0.1, 0.15) is 80.5 Å². The highest BCUT2D eigenvalue weighted by molar-refractivity contribution is 6.01. The van der Waals surface area contributed by atoms with Gasteiger partial charge in [0, 0.05) is 35.1 Å². The standard InChI is InChI=1S/C28H34N6O2/c1-16(2)34-22(13-14-31-34)27(35)33-26(23(17-3-4-17)18-5-6-18)28(36)32-21-11-9-20(10-12-21)25-24(19-7-8-19)29-15-30-25/h9-19,23,26H,3-8H2,1-2H3,(H,29,30)(H,32,36)(H,33,35)/t26-/m0/s1. The smallest absolute Gasteiger partial charge is 0.270 e. The Hall–Kier alpha value is -3.42. The van der Waals surface area contributed by atoms with E-state index in [1.807, 2.05) is 38.1 Å². The number of carbonyl (C=O) groups excluding carboxylic acids is 2. The van der Waals surface area contributed by atoms with Crippen LogP contribution in [0.3, 0.4) is 0 Å². The highest BCUT2D eigenvalue weighted by Crippen LogP contribution is 2.51. The number of aromatic nitrogens is 4. The molecular weight excluding hydrogens is 452 g/mol. The van der Waals surface area contributed by atoms with Crippen molar-refractivity contribution in [3.63, 3.8) is 0 Å². The fourth-order valence-corrected chi connectivity index (χ4v) is 5.50. The van der Waals surface area contributed by atoms with E-state index in [0.717, 1.165) is 42.6 Å². The third-order valence-corrected chi connectivity index (χ3v) is 7.76. The Morgan fingerprint density at radius 2 is 1.69 bits per heavy atom. The van der Waals surface area contributed by atoms with Crippen LogP contribution in [0.5, 0.6) is 0 Å². The highest BCUT2D eigenvalue weighted by Gasteiger charge is 2.48. The van der Waals surface area contributed by atoms with Crippen LogP contribution in [0, 0.1) is 17.8 Å². The lowest BCUT2D eigenvalue weighted by Crippen LogP contribution is -2.50. The predicted octanol–water partition coefficient (Wildman–Crippen LogP) is 4.90. The van der Waals surface area contributed by atoms with Crippen molar-refractivity contribution in [3.8, 4) is 11.3 Å². The van der Waals surface area contributed by atoms with Gasteiger partial charge >= 0.3 is 0 Å². The molecule has 3 aromatic rings. The largest absolute Gasteiger partial charge is 0.348 e. The lowest BCUT2D eigenvalue weighted by molar-refractivity contribution is -0.119. The number of anilines is 1. The molecule has 6 rings (SSSR count). The summed E-state index contributed by atoms with van der Waals surface area (Å²) in [6.07, 6.45) is 10.3. The van der Waals surface area contributed by atoms with E-state index in [0.29, 0.717) is 23.4 Å². The first kappa shape index (κ1) is 23.0. The first-order valence-electron chi connectivity index (χ1n) is 13.3. The van der Waals surface area contributed by atoms with Crippen LogP contribution in [-0.2, 0) is 4.79 Å². The van der Waals surface area contributed by atoms with Crippen molar-refractivity contribution in [3.05, 3.63) is 54.2 Å². The van der Waals surface area contributed by atoms with Crippen LogP contribution < -0.4 is 10.6 Å². The Balaban J connectivity index is 1.21. The van der Waals surface area contributed by atoms with Gasteiger partial charge in [-0.05, 0) is 88.3 Å². The van der Waals surface area contributed by atoms with Crippen LogP contribution in [0.15, 0.2) is 42.9 Å². The summed E-state index contributed by atoms with van der Waals surface area (Å²) >= 11 is 0. The normalized spacial score (nSPS) is 18.4. The molecule has 2 aromatic heterocycles. The molecular formula is C28H34N6O2. The number of nitrogens with one attached hydrogen (secondary N) is 3. The van der Waals surface area contributed by atoms with E-state index in [1.54, 1.807) is 23.3 Å². The molecule has 188 valence electrons. The van der Waals surface area contributed by atoms with E-state index in [2.05, 4.69) is 25.7 Å². The van der Waals surface area contributed by atoms with Gasteiger partial charge in [-0.25, -0.2) is 4.98 Å². The number of imidazole rings is 1. The number of benzene rings is 1. The Bertz CT molecular complexity index is 1240. The average molecular weight is 487 g/mol. The number of nitrogens with zero attached hydrogens (tertiary/aromatic N) is 3. The molecule has 0 aliphatic heterocycles. The zero-order valence-electron chi connectivity index (χ0n) is 20.9. The van der Waals surface area contributed by atoms with Gasteiger partial charge < -0.3 is 15.6 Å². The van der Waals surface area contributed by atoms with Crippen molar-refractivity contribution >= 4 is 17.5 Å². The van der Waals surface area contributed by atoms with E-state index in [1.165, 1.54) is 18.5 Å². The second kappa shape index (κ2) is 9.22. The quantitative estimate of drug-likeness (QED) is 0.379. The maximum atomic E-state index is 13.6. The molecule has 3 fully saturated rings. The van der Waals surface area contributed by atoms with Gasteiger partial charge in [-0.1, -0.05) is 12.1 Å². The van der Waals surface area contributed by atoms with Gasteiger partial charge in [0.05, 0.1) is 12.0 Å². The molecule has 8 nitrogen and oxygen atoms in total. The third-order valence-electron chi connectivity index (χ3n) is 7.76. The summed E-state index contributed by atoms with van der Waals surface area (Å²) in [7, 11) is 0. The SMILES string of the molecule is CC(C)n1nccc1C(=O)N[C@H](C(=O)Nc1ccc(-c2nc[nH]c2C2CC2)cc1)C(C1CC1)C1CC1. The summed E-state index contributed by atoms with van der Waals surface area (Å²) in [6.45, 7) is 3.98. The molecule has 3 aliphatic carbocycles. The molecule has 8 heteroatoms. The lowest BCUT2D eigenvalue weighted by Gasteiger charge is -2.27. The Morgan fingerprint density at radius 3 is 2.31 bits per heavy atom. The summed E-state index contributed by atoms with van der Waals surface area (Å²) in [5.74, 6) is 1.38. The van der Waals surface area contributed by atoms with Gasteiger partial charge in [0.25, 0.3) is 5.91 Å². The van der Waals surface area contributed by atoms with E-state index in [-0.39, 0.29) is 23.8 Å². The lowest BCUT2D eigenvalue weighted by atomic mass is 9.88. The van der Waals surface area contributed by atoms with E-state index < -0.39 is 6.04 Å². The van der Waals surface area contributed by atoms with Crippen LogP contribution in [-0.4, -0.2) is 37.6 Å². The highest BCUT2D eigenvalue weighted by atomic mass is 16.2. The van der Waals surface area contributed by atoms with Crippen LogP contribution in [0.2, 0.25) is 0 Å². The van der Waals surface area contributed by atoms with Crippen LogP contribution >= 0.6 is 0 Å². The van der Waals surface area contributed by atoms with Gasteiger partial charge in [0.2, 0.25) is 5.91 Å². The number of amides is 2. The molecule has 0 spiro atoms. The molecule has 2 heterocycles. The molecule has 3 aliphatic rings. The Morgan fingerprint density at radius 1 is 1.00 bits per heavy atom. The maximum Gasteiger partial charge on any atom is 0.270 e.